The molecule has 0 aliphatic carbocycles. The fourth-order valence-corrected chi connectivity index (χ4v) is 2.07. The Morgan fingerprint density at radius 1 is 1.19 bits per heavy atom. The number of benzene rings is 2. The molecule has 5 heteroatoms. The van der Waals surface area contributed by atoms with Gasteiger partial charge in [-0.1, -0.05) is 36.4 Å². The predicted molar refractivity (Wildman–Crippen MR) is 80.9 cm³/mol. The van der Waals surface area contributed by atoms with Crippen molar-refractivity contribution in [2.45, 2.75) is 19.0 Å². The molecule has 21 heavy (non-hydrogen) atoms. The van der Waals surface area contributed by atoms with Gasteiger partial charge in [0.1, 0.15) is 11.8 Å². The molecule has 2 aromatic carbocycles. The fourth-order valence-electron chi connectivity index (χ4n) is 2.07. The van der Waals surface area contributed by atoms with Crippen LogP contribution in [0.3, 0.4) is 0 Å². The Morgan fingerprint density at radius 2 is 1.90 bits per heavy atom. The summed E-state index contributed by atoms with van der Waals surface area (Å²) in [5, 5.41) is 21.6. The zero-order valence-electron chi connectivity index (χ0n) is 11.5. The van der Waals surface area contributed by atoms with Crippen molar-refractivity contribution in [2.24, 2.45) is 0 Å². The number of phenols is 1. The van der Waals surface area contributed by atoms with Gasteiger partial charge in [0.05, 0.1) is 0 Å². The number of rotatable bonds is 6. The molecule has 0 fully saturated rings. The molecule has 2 aromatic rings. The van der Waals surface area contributed by atoms with Crippen LogP contribution in [-0.4, -0.2) is 22.2 Å². The van der Waals surface area contributed by atoms with Crippen LogP contribution in [0.5, 0.6) is 5.75 Å². The quantitative estimate of drug-likeness (QED) is 0.607. The highest BCUT2D eigenvalue weighted by atomic mass is 16.4. The first-order valence-corrected chi connectivity index (χ1v) is 6.63. The van der Waals surface area contributed by atoms with Crippen LogP contribution in [0.15, 0.2) is 48.5 Å². The average molecular weight is 286 g/mol. The van der Waals surface area contributed by atoms with E-state index in [-0.39, 0.29) is 12.2 Å². The molecule has 0 saturated carbocycles. The molecule has 1 atom stereocenters. The van der Waals surface area contributed by atoms with Gasteiger partial charge < -0.3 is 21.3 Å². The lowest BCUT2D eigenvalue weighted by Gasteiger charge is -2.16. The molecule has 5 nitrogen and oxygen atoms in total. The van der Waals surface area contributed by atoms with Crippen LogP contribution in [0.1, 0.15) is 11.1 Å². The van der Waals surface area contributed by atoms with E-state index in [1.165, 1.54) is 12.1 Å². The highest BCUT2D eigenvalue weighted by Crippen LogP contribution is 2.20. The largest absolute Gasteiger partial charge is 0.508 e. The van der Waals surface area contributed by atoms with Gasteiger partial charge in [-0.3, -0.25) is 4.79 Å². The van der Waals surface area contributed by atoms with E-state index in [1.807, 2.05) is 30.3 Å². The van der Waals surface area contributed by atoms with Crippen molar-refractivity contribution in [3.05, 3.63) is 59.7 Å². The number of carboxylic acid groups (broad SMARTS) is 1. The second-order valence-electron chi connectivity index (χ2n) is 4.84. The molecule has 0 aliphatic heterocycles. The second-order valence-corrected chi connectivity index (χ2v) is 4.84. The van der Waals surface area contributed by atoms with E-state index in [4.69, 9.17) is 5.73 Å². The zero-order valence-corrected chi connectivity index (χ0v) is 11.5. The first-order valence-electron chi connectivity index (χ1n) is 6.63. The molecule has 0 unspecified atom stereocenters. The van der Waals surface area contributed by atoms with Crippen molar-refractivity contribution in [1.29, 1.82) is 0 Å². The molecule has 0 aromatic heterocycles. The summed E-state index contributed by atoms with van der Waals surface area (Å²) in [5.41, 5.74) is 7.90. The number of anilines is 1. The molecule has 0 aliphatic rings. The number of aliphatic carboxylic acids is 1. The molecule has 0 spiro atoms. The number of carboxylic acids is 1. The summed E-state index contributed by atoms with van der Waals surface area (Å²) in [4.78, 5) is 11.4. The van der Waals surface area contributed by atoms with Gasteiger partial charge in [0.25, 0.3) is 0 Å². The van der Waals surface area contributed by atoms with Crippen molar-refractivity contribution in [3.63, 3.8) is 0 Å². The van der Waals surface area contributed by atoms with Crippen LogP contribution >= 0.6 is 0 Å². The lowest BCUT2D eigenvalue weighted by Crippen LogP contribution is -2.38. The minimum atomic E-state index is -0.932. The van der Waals surface area contributed by atoms with Crippen molar-refractivity contribution in [3.8, 4) is 5.75 Å². The number of aromatic hydroxyl groups is 1. The van der Waals surface area contributed by atoms with E-state index < -0.39 is 12.0 Å². The van der Waals surface area contributed by atoms with Crippen molar-refractivity contribution in [1.82, 2.24) is 5.32 Å². The average Bonchev–Trinajstić information content (AvgIpc) is 2.46. The second kappa shape index (κ2) is 6.76. The van der Waals surface area contributed by atoms with Gasteiger partial charge in [-0.05, 0) is 17.2 Å². The van der Waals surface area contributed by atoms with Crippen LogP contribution in [0.25, 0.3) is 0 Å². The summed E-state index contributed by atoms with van der Waals surface area (Å²) in [6.45, 7) is 0.468. The smallest absolute Gasteiger partial charge is 0.321 e. The van der Waals surface area contributed by atoms with E-state index in [9.17, 15) is 15.0 Å². The molecule has 0 heterocycles. The molecule has 0 amide bonds. The third kappa shape index (κ3) is 4.22. The van der Waals surface area contributed by atoms with Crippen LogP contribution in [0.2, 0.25) is 0 Å². The Bertz CT molecular complexity index is 614. The normalized spacial score (nSPS) is 12.0. The summed E-state index contributed by atoms with van der Waals surface area (Å²) in [5.74, 6) is -0.862. The Balaban J connectivity index is 2.04. The van der Waals surface area contributed by atoms with Crippen molar-refractivity contribution in [2.75, 3.05) is 5.73 Å². The summed E-state index contributed by atoms with van der Waals surface area (Å²) in [6, 6.07) is 13.4. The highest BCUT2D eigenvalue weighted by Gasteiger charge is 2.18. The Kier molecular flexibility index (Phi) is 4.79. The Hall–Kier alpha value is -2.53. The van der Waals surface area contributed by atoms with Crippen molar-refractivity contribution >= 4 is 11.7 Å². The number of nitrogens with one attached hydrogen (secondary N) is 1. The van der Waals surface area contributed by atoms with E-state index in [2.05, 4.69) is 5.32 Å². The van der Waals surface area contributed by atoms with Gasteiger partial charge in [0.2, 0.25) is 0 Å². The molecule has 0 bridgehead atoms. The lowest BCUT2D eigenvalue weighted by molar-refractivity contribution is -0.139. The van der Waals surface area contributed by atoms with E-state index in [1.54, 1.807) is 6.07 Å². The molecule has 0 radical (unpaired) electrons. The number of nitrogens with two attached hydrogens (primary N) is 1. The molecule has 2 rings (SSSR count). The standard InChI is InChI=1S/C16H18N2O3/c17-14-9-13(19)7-6-12(14)8-15(16(20)21)18-10-11-4-2-1-3-5-11/h1-7,9,15,18-19H,8,10,17H2,(H,20,21)/t15-/m0/s1. The molecular weight excluding hydrogens is 268 g/mol. The molecule has 110 valence electrons. The maximum atomic E-state index is 11.4. The number of phenolic OH excluding ortho intramolecular Hbond substituents is 1. The molecule has 0 saturated heterocycles. The zero-order chi connectivity index (χ0) is 15.2. The molecule has 5 N–H and O–H groups in total. The topological polar surface area (TPSA) is 95.6 Å². The van der Waals surface area contributed by atoms with Crippen LogP contribution in [0.4, 0.5) is 5.69 Å². The first kappa shape index (κ1) is 14.9. The Labute approximate surface area is 123 Å². The summed E-state index contributed by atoms with van der Waals surface area (Å²) in [7, 11) is 0. The van der Waals surface area contributed by atoms with Crippen molar-refractivity contribution < 1.29 is 15.0 Å². The third-order valence-electron chi connectivity index (χ3n) is 3.25. The first-order chi connectivity index (χ1) is 10.1. The van der Waals surface area contributed by atoms with Gasteiger partial charge in [-0.15, -0.1) is 0 Å². The van der Waals surface area contributed by atoms with E-state index in [0.29, 0.717) is 17.8 Å². The van der Waals surface area contributed by atoms with Gasteiger partial charge >= 0.3 is 5.97 Å². The van der Waals surface area contributed by atoms with E-state index in [0.717, 1.165) is 5.56 Å². The third-order valence-corrected chi connectivity index (χ3v) is 3.25. The maximum absolute atomic E-state index is 11.4. The van der Waals surface area contributed by atoms with Crippen LogP contribution in [0, 0.1) is 0 Å². The highest BCUT2D eigenvalue weighted by molar-refractivity contribution is 5.74. The van der Waals surface area contributed by atoms with E-state index >= 15 is 0 Å². The number of hydrogen-bond donors (Lipinski definition) is 4. The predicted octanol–water partition coefficient (Wildman–Crippen LogP) is 1.76. The lowest BCUT2D eigenvalue weighted by atomic mass is 10.0. The summed E-state index contributed by atoms with van der Waals surface area (Å²) in [6.07, 6.45) is 0.258. The maximum Gasteiger partial charge on any atom is 0.321 e. The minimum absolute atomic E-state index is 0.0698. The summed E-state index contributed by atoms with van der Waals surface area (Å²) < 4.78 is 0. The number of nitrogen functional groups attached to an aromatic ring is 1. The number of hydrogen-bond acceptors (Lipinski definition) is 4. The Morgan fingerprint density at radius 3 is 2.52 bits per heavy atom. The van der Waals surface area contributed by atoms with Gasteiger partial charge in [-0.2, -0.15) is 0 Å². The van der Waals surface area contributed by atoms with Gasteiger partial charge in [0, 0.05) is 24.7 Å². The SMILES string of the molecule is Nc1cc(O)ccc1C[C@H](NCc1ccccc1)C(=O)O. The van der Waals surface area contributed by atoms with Gasteiger partial charge in [-0.25, -0.2) is 0 Å². The minimum Gasteiger partial charge on any atom is -0.508 e. The van der Waals surface area contributed by atoms with Crippen LogP contribution in [-0.2, 0) is 17.8 Å². The van der Waals surface area contributed by atoms with Gasteiger partial charge in [0.15, 0.2) is 0 Å². The summed E-state index contributed by atoms with van der Waals surface area (Å²) >= 11 is 0. The van der Waals surface area contributed by atoms with Crippen LogP contribution < -0.4 is 11.1 Å². The number of carbonyl (C=O) groups is 1. The fraction of sp³-hybridized carbons (Fsp3) is 0.188. The monoisotopic (exact) mass is 286 g/mol. The molecular formula is C16H18N2O3.